The molecule has 0 atom stereocenters. The fraction of sp³-hybridized carbons (Fsp3) is 0.231. The smallest absolute Gasteiger partial charge is 0.497 e. The summed E-state index contributed by atoms with van der Waals surface area (Å²) in [5.74, 6) is 0.225. The van der Waals surface area contributed by atoms with E-state index in [-0.39, 0.29) is 5.75 Å². The number of aryl methyl sites for hydroxylation is 1. The Morgan fingerprint density at radius 1 is 1.10 bits per heavy atom. The van der Waals surface area contributed by atoms with Gasteiger partial charge in [-0.25, -0.2) is 0 Å². The maximum absolute atomic E-state index is 12.3. The van der Waals surface area contributed by atoms with Crippen molar-refractivity contribution in [2.45, 2.75) is 12.4 Å². The van der Waals surface area contributed by atoms with E-state index in [0.29, 0.717) is 22.1 Å². The van der Waals surface area contributed by atoms with Crippen LogP contribution in [-0.4, -0.2) is 21.0 Å². The number of ether oxygens (including phenoxy) is 1. The van der Waals surface area contributed by atoms with Crippen molar-refractivity contribution in [3.63, 3.8) is 0 Å². The Morgan fingerprint density at radius 3 is 2.33 bits per heavy atom. The summed E-state index contributed by atoms with van der Waals surface area (Å²) < 4.78 is 68.3. The van der Waals surface area contributed by atoms with Gasteiger partial charge in [0.2, 0.25) is 0 Å². The molecule has 0 aromatic heterocycles. The van der Waals surface area contributed by atoms with Crippen LogP contribution in [0.4, 0.5) is 13.2 Å². The molecule has 0 saturated heterocycles. The third-order valence-corrected chi connectivity index (χ3v) is 3.90. The average molecular weight is 320 g/mol. The third-order valence-electron chi connectivity index (χ3n) is 2.93. The first kappa shape index (κ1) is 15.4. The SMILES string of the molecule is COc1ccc2c(C)c(OS(=O)(=O)C(F)(F)F)ccc2c1. The molecule has 0 saturated carbocycles. The zero-order valence-electron chi connectivity index (χ0n) is 11.1. The van der Waals surface area contributed by atoms with Gasteiger partial charge in [0, 0.05) is 5.56 Å². The molecule has 0 bridgehead atoms. The van der Waals surface area contributed by atoms with E-state index >= 15 is 0 Å². The van der Waals surface area contributed by atoms with Crippen molar-refractivity contribution < 1.29 is 30.5 Å². The van der Waals surface area contributed by atoms with Crippen LogP contribution in [-0.2, 0) is 10.1 Å². The van der Waals surface area contributed by atoms with Crippen molar-refractivity contribution in [1.29, 1.82) is 0 Å². The first-order valence-electron chi connectivity index (χ1n) is 5.74. The number of rotatable bonds is 3. The molecule has 0 aliphatic carbocycles. The number of hydrogen-bond acceptors (Lipinski definition) is 4. The highest BCUT2D eigenvalue weighted by Crippen LogP contribution is 2.33. The maximum Gasteiger partial charge on any atom is 0.534 e. The number of methoxy groups -OCH3 is 1. The Balaban J connectivity index is 2.51. The van der Waals surface area contributed by atoms with Crippen LogP contribution in [0.15, 0.2) is 30.3 Å². The molecule has 0 aliphatic rings. The van der Waals surface area contributed by atoms with E-state index < -0.39 is 15.6 Å². The number of benzene rings is 2. The van der Waals surface area contributed by atoms with E-state index in [1.807, 2.05) is 0 Å². The third kappa shape index (κ3) is 2.90. The summed E-state index contributed by atoms with van der Waals surface area (Å²) in [6.45, 7) is 1.48. The average Bonchev–Trinajstić information content (AvgIpc) is 2.40. The van der Waals surface area contributed by atoms with Crippen molar-refractivity contribution in [1.82, 2.24) is 0 Å². The molecule has 0 amide bonds. The molecule has 0 spiro atoms. The van der Waals surface area contributed by atoms with E-state index in [9.17, 15) is 21.6 Å². The summed E-state index contributed by atoms with van der Waals surface area (Å²) in [6.07, 6.45) is 0. The van der Waals surface area contributed by atoms with E-state index in [0.717, 1.165) is 0 Å². The lowest BCUT2D eigenvalue weighted by molar-refractivity contribution is -0.0500. The van der Waals surface area contributed by atoms with Crippen molar-refractivity contribution in [2.24, 2.45) is 0 Å². The Kier molecular flexibility index (Phi) is 3.75. The summed E-state index contributed by atoms with van der Waals surface area (Å²) >= 11 is 0. The molecule has 114 valence electrons. The van der Waals surface area contributed by atoms with Crippen LogP contribution in [0.1, 0.15) is 5.56 Å². The van der Waals surface area contributed by atoms with Crippen molar-refractivity contribution in [3.05, 3.63) is 35.9 Å². The molecule has 0 aliphatic heterocycles. The molecule has 4 nitrogen and oxygen atoms in total. The normalized spacial score (nSPS) is 12.4. The lowest BCUT2D eigenvalue weighted by Gasteiger charge is -2.13. The minimum atomic E-state index is -5.68. The largest absolute Gasteiger partial charge is 0.534 e. The van der Waals surface area contributed by atoms with Crippen LogP contribution < -0.4 is 8.92 Å². The first-order chi connectivity index (χ1) is 9.65. The van der Waals surface area contributed by atoms with Crippen LogP contribution >= 0.6 is 0 Å². The maximum atomic E-state index is 12.3. The van der Waals surface area contributed by atoms with Gasteiger partial charge < -0.3 is 8.92 Å². The van der Waals surface area contributed by atoms with E-state index in [4.69, 9.17) is 4.74 Å². The quantitative estimate of drug-likeness (QED) is 0.642. The first-order valence-corrected chi connectivity index (χ1v) is 7.14. The van der Waals surface area contributed by atoms with Gasteiger partial charge in [0.15, 0.2) is 0 Å². The zero-order valence-corrected chi connectivity index (χ0v) is 11.9. The van der Waals surface area contributed by atoms with Crippen LogP contribution in [0.5, 0.6) is 11.5 Å². The van der Waals surface area contributed by atoms with Gasteiger partial charge in [-0.05, 0) is 35.9 Å². The van der Waals surface area contributed by atoms with E-state index in [2.05, 4.69) is 4.18 Å². The number of hydrogen-bond donors (Lipinski definition) is 0. The Hall–Kier alpha value is -1.96. The molecule has 0 heterocycles. The highest BCUT2D eigenvalue weighted by atomic mass is 32.2. The highest BCUT2D eigenvalue weighted by molar-refractivity contribution is 7.88. The summed E-state index contributed by atoms with van der Waals surface area (Å²) in [5.41, 5.74) is -5.17. The molecule has 0 fully saturated rings. The number of alkyl halides is 3. The molecule has 0 N–H and O–H groups in total. The Labute approximate surface area is 119 Å². The lowest BCUT2D eigenvalue weighted by atomic mass is 10.0. The molecular formula is C13H11F3O4S. The van der Waals surface area contributed by atoms with Gasteiger partial charge in [0.05, 0.1) is 7.11 Å². The van der Waals surface area contributed by atoms with Gasteiger partial charge in [-0.3, -0.25) is 0 Å². The minimum absolute atomic E-state index is 0.294. The van der Waals surface area contributed by atoms with E-state index in [1.54, 1.807) is 18.2 Å². The minimum Gasteiger partial charge on any atom is -0.497 e. The molecule has 2 aromatic rings. The second-order valence-electron chi connectivity index (χ2n) is 4.26. The Morgan fingerprint density at radius 2 is 1.76 bits per heavy atom. The summed E-state index contributed by atoms with van der Waals surface area (Å²) in [7, 11) is -4.19. The van der Waals surface area contributed by atoms with Gasteiger partial charge in [-0.15, -0.1) is 0 Å². The van der Waals surface area contributed by atoms with Crippen LogP contribution in [0, 0.1) is 6.92 Å². The summed E-state index contributed by atoms with van der Waals surface area (Å²) in [4.78, 5) is 0. The van der Waals surface area contributed by atoms with Gasteiger partial charge in [-0.1, -0.05) is 12.1 Å². The standard InChI is InChI=1S/C13H11F3O4S/c1-8-11-5-4-10(19-2)7-9(11)3-6-12(8)20-21(17,18)13(14,15)16/h3-7H,1-2H3. The van der Waals surface area contributed by atoms with Gasteiger partial charge in [0.1, 0.15) is 11.5 Å². The van der Waals surface area contributed by atoms with Gasteiger partial charge in [0.25, 0.3) is 0 Å². The molecule has 0 unspecified atom stereocenters. The Bertz CT molecular complexity index is 782. The van der Waals surface area contributed by atoms with Crippen molar-refractivity contribution in [2.75, 3.05) is 7.11 Å². The van der Waals surface area contributed by atoms with Crippen LogP contribution in [0.3, 0.4) is 0 Å². The molecule has 2 rings (SSSR count). The van der Waals surface area contributed by atoms with Crippen LogP contribution in [0.2, 0.25) is 0 Å². The monoisotopic (exact) mass is 320 g/mol. The molecular weight excluding hydrogens is 309 g/mol. The van der Waals surface area contributed by atoms with Crippen molar-refractivity contribution in [3.8, 4) is 11.5 Å². The fourth-order valence-electron chi connectivity index (χ4n) is 1.83. The second kappa shape index (κ2) is 5.10. The van der Waals surface area contributed by atoms with Gasteiger partial charge in [-0.2, -0.15) is 21.6 Å². The molecule has 21 heavy (non-hydrogen) atoms. The number of halogens is 3. The predicted octanol–water partition coefficient (Wildman–Crippen LogP) is 3.39. The molecule has 8 heteroatoms. The topological polar surface area (TPSA) is 52.6 Å². The number of fused-ring (bicyclic) bond motifs is 1. The zero-order chi connectivity index (χ0) is 15.8. The molecule has 0 radical (unpaired) electrons. The lowest BCUT2D eigenvalue weighted by Crippen LogP contribution is -2.28. The predicted molar refractivity (Wildman–Crippen MR) is 70.8 cm³/mol. The van der Waals surface area contributed by atoms with E-state index in [1.165, 1.54) is 26.2 Å². The second-order valence-corrected chi connectivity index (χ2v) is 5.80. The highest BCUT2D eigenvalue weighted by Gasteiger charge is 2.48. The van der Waals surface area contributed by atoms with Gasteiger partial charge >= 0.3 is 15.6 Å². The summed E-state index contributed by atoms with van der Waals surface area (Å²) in [5, 5.41) is 1.27. The van der Waals surface area contributed by atoms with Crippen LogP contribution in [0.25, 0.3) is 10.8 Å². The van der Waals surface area contributed by atoms with Crippen molar-refractivity contribution >= 4 is 20.9 Å². The summed E-state index contributed by atoms with van der Waals surface area (Å²) in [6, 6.07) is 7.57. The molecule has 2 aromatic carbocycles. The fourth-order valence-corrected chi connectivity index (χ4v) is 2.34.